The number of hydrogen-bond acceptors (Lipinski definition) is 0. The first-order valence-electron chi connectivity index (χ1n) is 4.96. The highest BCUT2D eigenvalue weighted by Gasteiger charge is 1.86. The summed E-state index contributed by atoms with van der Waals surface area (Å²) in [4.78, 5) is 0. The molecule has 0 amide bonds. The zero-order valence-corrected chi connectivity index (χ0v) is 8.32. The lowest BCUT2D eigenvalue weighted by atomic mass is 10.1. The van der Waals surface area contributed by atoms with Crippen LogP contribution in [0.15, 0.2) is 11.6 Å². The maximum Gasteiger partial charge on any atom is -0.0326 e. The van der Waals surface area contributed by atoms with Crippen molar-refractivity contribution in [1.29, 1.82) is 0 Å². The molecule has 0 radical (unpaired) electrons. The fraction of sp³-hybridized carbons (Fsp3) is 0.818. The van der Waals surface area contributed by atoms with Crippen LogP contribution in [0.5, 0.6) is 0 Å². The minimum atomic E-state index is 1.28. The first-order chi connectivity index (χ1) is 5.31. The Morgan fingerprint density at radius 1 is 1.09 bits per heavy atom. The van der Waals surface area contributed by atoms with Gasteiger partial charge in [-0.25, -0.2) is 0 Å². The van der Waals surface area contributed by atoms with Crippen LogP contribution in [-0.2, 0) is 0 Å². The molecule has 0 heterocycles. The van der Waals surface area contributed by atoms with E-state index in [1.807, 2.05) is 0 Å². The Morgan fingerprint density at radius 3 is 2.36 bits per heavy atom. The summed E-state index contributed by atoms with van der Waals surface area (Å²) in [5.41, 5.74) is 1.57. The van der Waals surface area contributed by atoms with E-state index in [2.05, 4.69) is 26.8 Å². The van der Waals surface area contributed by atoms with Crippen molar-refractivity contribution in [2.24, 2.45) is 0 Å². The van der Waals surface area contributed by atoms with Crippen molar-refractivity contribution in [3.05, 3.63) is 11.6 Å². The van der Waals surface area contributed by atoms with Gasteiger partial charge in [0.05, 0.1) is 0 Å². The lowest BCUT2D eigenvalue weighted by Crippen LogP contribution is -1.77. The Balaban J connectivity index is 3.24. The van der Waals surface area contributed by atoms with E-state index in [1.165, 1.54) is 38.5 Å². The van der Waals surface area contributed by atoms with Gasteiger partial charge in [0.1, 0.15) is 0 Å². The fourth-order valence-electron chi connectivity index (χ4n) is 1.24. The average molecular weight is 154 g/mol. The van der Waals surface area contributed by atoms with E-state index < -0.39 is 0 Å². The van der Waals surface area contributed by atoms with Gasteiger partial charge in [0.15, 0.2) is 0 Å². The van der Waals surface area contributed by atoms with Gasteiger partial charge in [-0.05, 0) is 26.2 Å². The predicted molar refractivity (Wildman–Crippen MR) is 52.8 cm³/mol. The molecule has 0 aliphatic carbocycles. The van der Waals surface area contributed by atoms with Crippen molar-refractivity contribution < 1.29 is 0 Å². The molecule has 0 aliphatic heterocycles. The Labute approximate surface area is 71.7 Å². The molecule has 0 heteroatoms. The van der Waals surface area contributed by atoms with Crippen LogP contribution in [0.25, 0.3) is 0 Å². The molecular weight excluding hydrogens is 132 g/mol. The zero-order valence-electron chi connectivity index (χ0n) is 8.32. The number of hydrogen-bond donors (Lipinski definition) is 0. The standard InChI is InChI=1S/C11H22/c1-4-6-7-8-10-11(3)9-5-2/h10H,4-9H2,1-3H3. The first-order valence-corrected chi connectivity index (χ1v) is 4.96. The van der Waals surface area contributed by atoms with Crippen LogP contribution in [0, 0.1) is 0 Å². The normalized spacial score (nSPS) is 12.1. The molecule has 0 N–H and O–H groups in total. The van der Waals surface area contributed by atoms with Gasteiger partial charge < -0.3 is 0 Å². The van der Waals surface area contributed by atoms with Crippen molar-refractivity contribution >= 4 is 0 Å². The molecule has 0 aromatic carbocycles. The lowest BCUT2D eigenvalue weighted by Gasteiger charge is -1.97. The van der Waals surface area contributed by atoms with Gasteiger partial charge in [0.2, 0.25) is 0 Å². The van der Waals surface area contributed by atoms with Gasteiger partial charge in [-0.15, -0.1) is 0 Å². The first kappa shape index (κ1) is 10.7. The topological polar surface area (TPSA) is 0 Å². The molecule has 0 rings (SSSR count). The van der Waals surface area contributed by atoms with Crippen LogP contribution in [0.3, 0.4) is 0 Å². The second-order valence-corrected chi connectivity index (χ2v) is 3.30. The molecule has 0 saturated carbocycles. The highest BCUT2D eigenvalue weighted by atomic mass is 13.9. The molecular formula is C11H22. The van der Waals surface area contributed by atoms with E-state index >= 15 is 0 Å². The average Bonchev–Trinajstić information content (AvgIpc) is 1.99. The molecule has 0 nitrogen and oxygen atoms in total. The smallest absolute Gasteiger partial charge is 0.0326 e. The third-order valence-corrected chi connectivity index (χ3v) is 1.94. The second kappa shape index (κ2) is 7.84. The largest absolute Gasteiger partial charge is 0.0856 e. The minimum absolute atomic E-state index is 1.28. The van der Waals surface area contributed by atoms with Crippen LogP contribution in [0.4, 0.5) is 0 Å². The summed E-state index contributed by atoms with van der Waals surface area (Å²) in [7, 11) is 0. The summed E-state index contributed by atoms with van der Waals surface area (Å²) < 4.78 is 0. The Hall–Kier alpha value is -0.260. The van der Waals surface area contributed by atoms with Gasteiger partial charge in [0.25, 0.3) is 0 Å². The second-order valence-electron chi connectivity index (χ2n) is 3.30. The van der Waals surface area contributed by atoms with Crippen LogP contribution < -0.4 is 0 Å². The summed E-state index contributed by atoms with van der Waals surface area (Å²) in [6.07, 6.45) is 10.4. The van der Waals surface area contributed by atoms with Crippen LogP contribution in [0.1, 0.15) is 59.3 Å². The maximum atomic E-state index is 2.40. The predicted octanol–water partition coefficient (Wildman–Crippen LogP) is 4.31. The van der Waals surface area contributed by atoms with Gasteiger partial charge >= 0.3 is 0 Å². The fourth-order valence-corrected chi connectivity index (χ4v) is 1.24. The molecule has 0 aromatic rings. The summed E-state index contributed by atoms with van der Waals surface area (Å²) in [6.45, 7) is 6.74. The molecule has 66 valence electrons. The zero-order chi connectivity index (χ0) is 8.53. The molecule has 11 heavy (non-hydrogen) atoms. The molecule has 0 spiro atoms. The maximum absolute atomic E-state index is 2.40. The monoisotopic (exact) mass is 154 g/mol. The minimum Gasteiger partial charge on any atom is -0.0856 e. The summed E-state index contributed by atoms with van der Waals surface area (Å²) >= 11 is 0. The van der Waals surface area contributed by atoms with Gasteiger partial charge in [-0.2, -0.15) is 0 Å². The molecule has 0 bridgehead atoms. The van der Waals surface area contributed by atoms with Crippen LogP contribution >= 0.6 is 0 Å². The third-order valence-electron chi connectivity index (χ3n) is 1.94. The van der Waals surface area contributed by atoms with Gasteiger partial charge in [0, 0.05) is 0 Å². The number of unbranched alkanes of at least 4 members (excludes halogenated alkanes) is 3. The number of rotatable bonds is 6. The van der Waals surface area contributed by atoms with Crippen molar-refractivity contribution in [1.82, 2.24) is 0 Å². The van der Waals surface area contributed by atoms with E-state index in [1.54, 1.807) is 5.57 Å². The number of allylic oxidation sites excluding steroid dienone is 2. The lowest BCUT2D eigenvalue weighted by molar-refractivity contribution is 0.724. The summed E-state index contributed by atoms with van der Waals surface area (Å²) in [5, 5.41) is 0. The molecule has 0 aromatic heterocycles. The highest BCUT2D eigenvalue weighted by molar-refractivity contribution is 4.97. The quantitative estimate of drug-likeness (QED) is 0.395. The SMILES string of the molecule is CCCCCC=C(C)CCC. The molecule has 0 unspecified atom stereocenters. The summed E-state index contributed by atoms with van der Waals surface area (Å²) in [5.74, 6) is 0. The van der Waals surface area contributed by atoms with Crippen LogP contribution in [0.2, 0.25) is 0 Å². The molecule has 0 fully saturated rings. The molecule has 0 saturated heterocycles. The van der Waals surface area contributed by atoms with E-state index in [0.717, 1.165) is 0 Å². The van der Waals surface area contributed by atoms with Crippen molar-refractivity contribution in [2.45, 2.75) is 59.3 Å². The summed E-state index contributed by atoms with van der Waals surface area (Å²) in [6, 6.07) is 0. The van der Waals surface area contributed by atoms with Crippen molar-refractivity contribution in [3.63, 3.8) is 0 Å². The van der Waals surface area contributed by atoms with Crippen molar-refractivity contribution in [3.8, 4) is 0 Å². The van der Waals surface area contributed by atoms with E-state index in [4.69, 9.17) is 0 Å². The highest BCUT2D eigenvalue weighted by Crippen LogP contribution is 2.07. The Morgan fingerprint density at radius 2 is 1.82 bits per heavy atom. The van der Waals surface area contributed by atoms with Crippen molar-refractivity contribution in [2.75, 3.05) is 0 Å². The van der Waals surface area contributed by atoms with Crippen LogP contribution in [-0.4, -0.2) is 0 Å². The third kappa shape index (κ3) is 7.64. The Kier molecular flexibility index (Phi) is 7.66. The van der Waals surface area contributed by atoms with Gasteiger partial charge in [-0.3, -0.25) is 0 Å². The van der Waals surface area contributed by atoms with E-state index in [0.29, 0.717) is 0 Å². The van der Waals surface area contributed by atoms with Gasteiger partial charge in [-0.1, -0.05) is 44.8 Å². The molecule has 0 aliphatic rings. The van der Waals surface area contributed by atoms with E-state index in [-0.39, 0.29) is 0 Å². The Bertz CT molecular complexity index is 101. The molecule has 0 atom stereocenters. The van der Waals surface area contributed by atoms with E-state index in [9.17, 15) is 0 Å².